The van der Waals surface area contributed by atoms with Crippen LogP contribution in [0.3, 0.4) is 0 Å². The molecular formula is C31H51NO8. The van der Waals surface area contributed by atoms with Crippen LogP contribution >= 0.6 is 0 Å². The number of aldehydes is 1. The van der Waals surface area contributed by atoms with Crippen LogP contribution in [0, 0.1) is 23.7 Å². The van der Waals surface area contributed by atoms with Gasteiger partial charge in [0.2, 0.25) is 0 Å². The van der Waals surface area contributed by atoms with Crippen molar-refractivity contribution < 1.29 is 38.8 Å². The van der Waals surface area contributed by atoms with Crippen LogP contribution in [-0.4, -0.2) is 90.1 Å². The predicted molar refractivity (Wildman–Crippen MR) is 152 cm³/mol. The van der Waals surface area contributed by atoms with E-state index >= 15 is 0 Å². The van der Waals surface area contributed by atoms with Crippen molar-refractivity contribution in [2.75, 3.05) is 14.1 Å². The molecule has 2 heterocycles. The lowest BCUT2D eigenvalue weighted by Crippen LogP contribution is -2.56. The first-order valence-corrected chi connectivity index (χ1v) is 14.7. The monoisotopic (exact) mass is 565 g/mol. The van der Waals surface area contributed by atoms with Gasteiger partial charge in [0.05, 0.1) is 24.7 Å². The molecule has 2 aliphatic rings. The first kappa shape index (κ1) is 34.3. The summed E-state index contributed by atoms with van der Waals surface area (Å²) in [6.07, 6.45) is 2.94. The van der Waals surface area contributed by atoms with Gasteiger partial charge in [0.25, 0.3) is 0 Å². The molecule has 2 N–H and O–H groups in total. The summed E-state index contributed by atoms with van der Waals surface area (Å²) in [4.78, 5) is 39.7. The van der Waals surface area contributed by atoms with Gasteiger partial charge in [0.15, 0.2) is 12.1 Å². The topological polar surface area (TPSA) is 123 Å². The quantitative estimate of drug-likeness (QED) is 0.368. The summed E-state index contributed by atoms with van der Waals surface area (Å²) in [5.41, 5.74) is 0.877. The van der Waals surface area contributed by atoms with E-state index in [4.69, 9.17) is 14.2 Å². The third-order valence-corrected chi connectivity index (χ3v) is 8.38. The second-order valence-corrected chi connectivity index (χ2v) is 12.0. The Balaban J connectivity index is 2.48. The highest BCUT2D eigenvalue weighted by Crippen LogP contribution is 2.34. The van der Waals surface area contributed by atoms with Crippen molar-refractivity contribution in [1.82, 2.24) is 4.90 Å². The number of allylic oxidation sites excluding steroid dienone is 3. The van der Waals surface area contributed by atoms with E-state index in [-0.39, 0.29) is 42.8 Å². The van der Waals surface area contributed by atoms with Crippen molar-refractivity contribution in [2.45, 2.75) is 116 Å². The Morgan fingerprint density at radius 1 is 1.10 bits per heavy atom. The SMILES string of the molecule is CCC1OC(=O)CC(O)C(C)C(OC2OC(C)CC(N(C)C)C2O)C(CC=O)CC(C)C(=O)/C=C/C(C)=C/C1C. The van der Waals surface area contributed by atoms with E-state index in [1.165, 1.54) is 0 Å². The van der Waals surface area contributed by atoms with Gasteiger partial charge < -0.3 is 34.1 Å². The zero-order valence-electron chi connectivity index (χ0n) is 25.5. The van der Waals surface area contributed by atoms with Gasteiger partial charge in [-0.05, 0) is 59.2 Å². The molecule has 40 heavy (non-hydrogen) atoms. The zero-order valence-corrected chi connectivity index (χ0v) is 25.5. The minimum atomic E-state index is -1.14. The van der Waals surface area contributed by atoms with E-state index in [1.807, 2.05) is 59.7 Å². The Labute approximate surface area is 239 Å². The van der Waals surface area contributed by atoms with Crippen molar-refractivity contribution in [3.05, 3.63) is 23.8 Å². The molecule has 0 aromatic rings. The molecule has 11 unspecified atom stereocenters. The molecule has 0 aromatic carbocycles. The minimum absolute atomic E-state index is 0.0796. The second kappa shape index (κ2) is 15.9. The molecule has 0 radical (unpaired) electrons. The Bertz CT molecular complexity index is 902. The van der Waals surface area contributed by atoms with E-state index in [0.717, 1.165) is 11.9 Å². The van der Waals surface area contributed by atoms with Gasteiger partial charge in [0, 0.05) is 30.2 Å². The normalized spacial score (nSPS) is 41.2. The number of carbonyl (C=O) groups is 3. The van der Waals surface area contributed by atoms with E-state index in [1.54, 1.807) is 19.1 Å². The molecule has 0 spiro atoms. The molecule has 0 bridgehead atoms. The number of hydrogen-bond acceptors (Lipinski definition) is 9. The largest absolute Gasteiger partial charge is 0.462 e. The average Bonchev–Trinajstić information content (AvgIpc) is 2.88. The van der Waals surface area contributed by atoms with Crippen LogP contribution in [-0.2, 0) is 28.6 Å². The molecule has 0 aromatic heterocycles. The highest BCUT2D eigenvalue weighted by atomic mass is 16.7. The molecular weight excluding hydrogens is 514 g/mol. The lowest BCUT2D eigenvalue weighted by molar-refractivity contribution is -0.283. The maximum absolute atomic E-state index is 13.1. The van der Waals surface area contributed by atoms with Crippen LogP contribution in [0.1, 0.15) is 73.6 Å². The molecule has 1 fully saturated rings. The molecule has 0 amide bonds. The summed E-state index contributed by atoms with van der Waals surface area (Å²) in [5, 5.41) is 22.3. The summed E-state index contributed by atoms with van der Waals surface area (Å²) in [5.74, 6) is -2.20. The maximum atomic E-state index is 13.1. The number of carbonyl (C=O) groups excluding carboxylic acids is 3. The van der Waals surface area contributed by atoms with Gasteiger partial charge in [-0.3, -0.25) is 9.59 Å². The summed E-state index contributed by atoms with van der Waals surface area (Å²) in [6, 6.07) is -0.213. The van der Waals surface area contributed by atoms with Crippen molar-refractivity contribution in [1.29, 1.82) is 0 Å². The number of esters is 1. The first-order chi connectivity index (χ1) is 18.8. The fraction of sp³-hybridized carbons (Fsp3) is 0.774. The number of aliphatic hydroxyl groups excluding tert-OH is 2. The number of cyclic esters (lactones) is 1. The molecule has 2 aliphatic heterocycles. The number of nitrogens with zero attached hydrogens (tertiary/aromatic N) is 1. The Morgan fingerprint density at radius 3 is 2.38 bits per heavy atom. The van der Waals surface area contributed by atoms with Crippen molar-refractivity contribution in [3.63, 3.8) is 0 Å². The Hall–Kier alpha value is -1.91. The summed E-state index contributed by atoms with van der Waals surface area (Å²) < 4.78 is 18.2. The maximum Gasteiger partial charge on any atom is 0.308 e. The van der Waals surface area contributed by atoms with Crippen LogP contribution in [0.5, 0.6) is 0 Å². The van der Waals surface area contributed by atoms with Crippen LogP contribution in [0.25, 0.3) is 0 Å². The average molecular weight is 566 g/mol. The number of likely N-dealkylation sites (N-methyl/N-ethyl adjacent to an activating group) is 1. The number of rotatable bonds is 6. The standard InChI is InChI=1S/C31H51NO8/c1-9-27-20(4)14-18(2)10-11-25(34)19(3)15-23(12-13-33)30(22(6)26(35)17-28(36)39-27)40-31-29(37)24(32(7)8)16-21(5)38-31/h10-11,13-14,19-24,26-27,29-31,35,37H,9,12,15-17H2,1-8H3/b11-10+,18-14+. The first-order valence-electron chi connectivity index (χ1n) is 14.7. The van der Waals surface area contributed by atoms with E-state index in [2.05, 4.69) is 0 Å². The van der Waals surface area contributed by atoms with Gasteiger partial charge in [-0.1, -0.05) is 45.4 Å². The van der Waals surface area contributed by atoms with Gasteiger partial charge >= 0.3 is 5.97 Å². The summed E-state index contributed by atoms with van der Waals surface area (Å²) >= 11 is 0. The van der Waals surface area contributed by atoms with Crippen molar-refractivity contribution in [3.8, 4) is 0 Å². The number of aliphatic hydroxyl groups is 2. The van der Waals surface area contributed by atoms with E-state index in [9.17, 15) is 24.6 Å². The van der Waals surface area contributed by atoms with Gasteiger partial charge in [-0.2, -0.15) is 0 Å². The van der Waals surface area contributed by atoms with Crippen molar-refractivity contribution in [2.24, 2.45) is 23.7 Å². The second-order valence-electron chi connectivity index (χ2n) is 12.0. The lowest BCUT2D eigenvalue weighted by atomic mass is 9.79. The molecule has 0 saturated carbocycles. The molecule has 2 rings (SSSR count). The van der Waals surface area contributed by atoms with Crippen LogP contribution in [0.2, 0.25) is 0 Å². The zero-order chi connectivity index (χ0) is 30.1. The predicted octanol–water partition coefficient (Wildman–Crippen LogP) is 3.46. The lowest BCUT2D eigenvalue weighted by Gasteiger charge is -2.44. The molecule has 11 atom stereocenters. The molecule has 228 valence electrons. The van der Waals surface area contributed by atoms with E-state index in [0.29, 0.717) is 19.3 Å². The number of ether oxygens (including phenoxy) is 3. The Morgan fingerprint density at radius 2 is 1.77 bits per heavy atom. The van der Waals surface area contributed by atoms with Crippen LogP contribution in [0.15, 0.2) is 23.8 Å². The van der Waals surface area contributed by atoms with E-state index < -0.39 is 48.3 Å². The summed E-state index contributed by atoms with van der Waals surface area (Å²) in [7, 11) is 3.76. The third kappa shape index (κ3) is 9.58. The molecule has 9 nitrogen and oxygen atoms in total. The van der Waals surface area contributed by atoms with Crippen molar-refractivity contribution >= 4 is 18.0 Å². The Kier molecular flexibility index (Phi) is 13.6. The van der Waals surface area contributed by atoms with Crippen LogP contribution < -0.4 is 0 Å². The summed E-state index contributed by atoms with van der Waals surface area (Å²) in [6.45, 7) is 11.3. The molecule has 1 saturated heterocycles. The molecule has 0 aliphatic carbocycles. The fourth-order valence-corrected chi connectivity index (χ4v) is 5.84. The molecule has 9 heteroatoms. The number of hydrogen-bond donors (Lipinski definition) is 2. The van der Waals surface area contributed by atoms with Gasteiger partial charge in [-0.15, -0.1) is 0 Å². The fourth-order valence-electron chi connectivity index (χ4n) is 5.84. The minimum Gasteiger partial charge on any atom is -0.462 e. The number of ketones is 1. The highest BCUT2D eigenvalue weighted by molar-refractivity contribution is 5.91. The third-order valence-electron chi connectivity index (χ3n) is 8.38. The highest BCUT2D eigenvalue weighted by Gasteiger charge is 2.43. The van der Waals surface area contributed by atoms with Gasteiger partial charge in [-0.25, -0.2) is 0 Å². The smallest absolute Gasteiger partial charge is 0.308 e. The van der Waals surface area contributed by atoms with Crippen LogP contribution in [0.4, 0.5) is 0 Å². The van der Waals surface area contributed by atoms with Gasteiger partial charge in [0.1, 0.15) is 18.5 Å².